The number of nitrogens with zero attached hydrogens (tertiary/aromatic N) is 2. The van der Waals surface area contributed by atoms with Crippen LogP contribution in [0.15, 0.2) is 48.5 Å². The van der Waals surface area contributed by atoms with Crippen LogP contribution >= 0.6 is 0 Å². The number of ether oxygens (including phenoxy) is 2. The molecule has 1 aliphatic rings. The molecule has 1 aliphatic heterocycles. The molecule has 0 radical (unpaired) electrons. The molecule has 1 saturated heterocycles. The van der Waals surface area contributed by atoms with Crippen molar-refractivity contribution < 1.29 is 28.8 Å². The molecule has 9 heteroatoms. The van der Waals surface area contributed by atoms with E-state index >= 15 is 0 Å². The highest BCUT2D eigenvalue weighted by Gasteiger charge is 2.37. The van der Waals surface area contributed by atoms with Gasteiger partial charge in [-0.25, -0.2) is 0 Å². The molecule has 0 bridgehead atoms. The Bertz CT molecular complexity index is 959. The third-order valence-corrected chi connectivity index (χ3v) is 4.56. The van der Waals surface area contributed by atoms with Gasteiger partial charge in [0.15, 0.2) is 12.4 Å². The van der Waals surface area contributed by atoms with Crippen LogP contribution in [-0.2, 0) is 14.3 Å². The molecule has 2 aromatic rings. The monoisotopic (exact) mass is 398 g/mol. The Morgan fingerprint density at radius 2 is 1.93 bits per heavy atom. The van der Waals surface area contributed by atoms with E-state index in [-0.39, 0.29) is 36.1 Å². The normalized spacial score (nSPS) is 15.8. The molecule has 150 valence electrons. The summed E-state index contributed by atoms with van der Waals surface area (Å²) in [6.45, 7) is -0.375. The lowest BCUT2D eigenvalue weighted by Gasteiger charge is -2.19. The van der Waals surface area contributed by atoms with Crippen molar-refractivity contribution in [1.82, 2.24) is 0 Å². The Labute approximate surface area is 166 Å². The summed E-state index contributed by atoms with van der Waals surface area (Å²) in [7, 11) is 1.34. The van der Waals surface area contributed by atoms with Crippen LogP contribution in [0.3, 0.4) is 0 Å². The summed E-state index contributed by atoms with van der Waals surface area (Å²) in [6.07, 6.45) is -0.0848. The average Bonchev–Trinajstić information content (AvgIpc) is 3.13. The van der Waals surface area contributed by atoms with E-state index in [1.807, 2.05) is 0 Å². The number of hydrogen-bond acceptors (Lipinski definition) is 7. The van der Waals surface area contributed by atoms with Crippen molar-refractivity contribution in [3.8, 4) is 5.75 Å². The number of methoxy groups -OCH3 is 1. The first kappa shape index (κ1) is 20.0. The van der Waals surface area contributed by atoms with E-state index in [9.17, 15) is 24.5 Å². The molecule has 0 aromatic heterocycles. The number of carbonyl (C=O) groups excluding carboxylic acids is 3. The lowest BCUT2D eigenvalue weighted by atomic mass is 10.1. The Balaban J connectivity index is 1.66. The maximum absolute atomic E-state index is 12.4. The highest BCUT2D eigenvalue weighted by molar-refractivity contribution is 6.01. The van der Waals surface area contributed by atoms with Gasteiger partial charge in [0.1, 0.15) is 5.75 Å². The second-order valence-electron chi connectivity index (χ2n) is 6.42. The van der Waals surface area contributed by atoms with Gasteiger partial charge in [0.25, 0.3) is 5.69 Å². The van der Waals surface area contributed by atoms with E-state index in [4.69, 9.17) is 9.47 Å². The Morgan fingerprint density at radius 3 is 2.59 bits per heavy atom. The second kappa shape index (κ2) is 8.51. The molecule has 0 aliphatic carbocycles. The first-order chi connectivity index (χ1) is 13.9. The van der Waals surface area contributed by atoms with Crippen LogP contribution < -0.4 is 9.64 Å². The van der Waals surface area contributed by atoms with Crippen LogP contribution in [0.4, 0.5) is 11.4 Å². The van der Waals surface area contributed by atoms with Gasteiger partial charge in [0.05, 0.1) is 29.7 Å². The number of rotatable bonds is 7. The zero-order valence-electron chi connectivity index (χ0n) is 15.6. The molecule has 3 rings (SSSR count). The number of esters is 1. The van der Waals surface area contributed by atoms with Crippen LogP contribution in [0.5, 0.6) is 5.75 Å². The molecule has 9 nitrogen and oxygen atoms in total. The number of amides is 1. The zero-order valence-corrected chi connectivity index (χ0v) is 15.6. The van der Waals surface area contributed by atoms with Crippen molar-refractivity contribution >= 4 is 29.0 Å². The number of anilines is 1. The van der Waals surface area contributed by atoms with Crippen molar-refractivity contribution in [2.45, 2.75) is 6.42 Å². The highest BCUT2D eigenvalue weighted by Crippen LogP contribution is 2.35. The Morgan fingerprint density at radius 1 is 1.21 bits per heavy atom. The van der Waals surface area contributed by atoms with Crippen LogP contribution in [0.25, 0.3) is 0 Å². The fourth-order valence-electron chi connectivity index (χ4n) is 3.06. The third-order valence-electron chi connectivity index (χ3n) is 4.56. The summed E-state index contributed by atoms with van der Waals surface area (Å²) in [6, 6.07) is 12.3. The number of benzene rings is 2. The molecular formula is C20H18N2O7. The number of non-ortho nitro benzene ring substituents is 1. The summed E-state index contributed by atoms with van der Waals surface area (Å²) >= 11 is 0. The quantitative estimate of drug-likeness (QED) is 0.304. The minimum atomic E-state index is -0.744. The number of carbonyl (C=O) groups is 3. The Hall–Kier alpha value is -3.75. The summed E-state index contributed by atoms with van der Waals surface area (Å²) in [5.41, 5.74) is 0.589. The van der Waals surface area contributed by atoms with Gasteiger partial charge in [0.2, 0.25) is 5.91 Å². The molecular weight excluding hydrogens is 380 g/mol. The first-order valence-corrected chi connectivity index (χ1v) is 8.78. The standard InChI is InChI=1S/C20H18N2O7/c1-28-18-10-15(22(26)27)7-8-16(18)21-11-14(9-19(21)24)20(25)29-12-17(23)13-5-3-2-4-6-13/h2-8,10,14H,9,11-12H2,1H3/t14-/m1/s1. The van der Waals surface area contributed by atoms with E-state index in [1.54, 1.807) is 30.3 Å². The van der Waals surface area contributed by atoms with Crippen molar-refractivity contribution in [1.29, 1.82) is 0 Å². The van der Waals surface area contributed by atoms with E-state index in [2.05, 4.69) is 0 Å². The van der Waals surface area contributed by atoms with Crippen LogP contribution in [0, 0.1) is 16.0 Å². The predicted octanol–water partition coefficient (Wildman–Crippen LogP) is 2.38. The van der Waals surface area contributed by atoms with Crippen molar-refractivity contribution in [2.75, 3.05) is 25.2 Å². The summed E-state index contributed by atoms with van der Waals surface area (Å²) < 4.78 is 10.3. The van der Waals surface area contributed by atoms with Crippen LogP contribution in [0.1, 0.15) is 16.8 Å². The van der Waals surface area contributed by atoms with Crippen LogP contribution in [-0.4, -0.2) is 42.8 Å². The lowest BCUT2D eigenvalue weighted by molar-refractivity contribution is -0.384. The number of hydrogen-bond donors (Lipinski definition) is 0. The maximum Gasteiger partial charge on any atom is 0.311 e. The molecule has 2 aromatic carbocycles. The molecule has 0 spiro atoms. The molecule has 0 saturated carbocycles. The molecule has 1 atom stereocenters. The van der Waals surface area contributed by atoms with E-state index < -0.39 is 23.4 Å². The minimum Gasteiger partial charge on any atom is -0.494 e. The summed E-state index contributed by atoms with van der Waals surface area (Å²) in [5.74, 6) is -1.91. The van der Waals surface area contributed by atoms with Gasteiger partial charge in [-0.3, -0.25) is 24.5 Å². The van der Waals surface area contributed by atoms with Gasteiger partial charge in [0, 0.05) is 24.6 Å². The van der Waals surface area contributed by atoms with Gasteiger partial charge in [-0.1, -0.05) is 30.3 Å². The van der Waals surface area contributed by atoms with Gasteiger partial charge in [-0.2, -0.15) is 0 Å². The first-order valence-electron chi connectivity index (χ1n) is 8.78. The summed E-state index contributed by atoms with van der Waals surface area (Å²) in [5, 5.41) is 10.9. The van der Waals surface area contributed by atoms with Gasteiger partial charge < -0.3 is 14.4 Å². The third kappa shape index (κ3) is 4.40. The zero-order chi connectivity index (χ0) is 21.0. The number of Topliss-reactive ketones (excluding diaryl/α,β-unsaturated/α-hetero) is 1. The van der Waals surface area contributed by atoms with Crippen molar-refractivity contribution in [2.24, 2.45) is 5.92 Å². The average molecular weight is 398 g/mol. The number of nitro benzene ring substituents is 1. The highest BCUT2D eigenvalue weighted by atomic mass is 16.6. The Kier molecular flexibility index (Phi) is 5.87. The molecule has 29 heavy (non-hydrogen) atoms. The predicted molar refractivity (Wildman–Crippen MR) is 102 cm³/mol. The molecule has 1 heterocycles. The minimum absolute atomic E-state index is 0.0331. The van der Waals surface area contributed by atoms with Gasteiger partial charge in [-0.15, -0.1) is 0 Å². The van der Waals surface area contributed by atoms with Crippen molar-refractivity contribution in [3.05, 3.63) is 64.2 Å². The fraction of sp³-hybridized carbons (Fsp3) is 0.250. The van der Waals surface area contributed by atoms with Crippen molar-refractivity contribution in [3.63, 3.8) is 0 Å². The molecule has 0 unspecified atom stereocenters. The maximum atomic E-state index is 12.4. The fourth-order valence-corrected chi connectivity index (χ4v) is 3.06. The second-order valence-corrected chi connectivity index (χ2v) is 6.42. The molecule has 1 fully saturated rings. The number of ketones is 1. The molecule has 0 N–H and O–H groups in total. The topological polar surface area (TPSA) is 116 Å². The lowest BCUT2D eigenvalue weighted by Crippen LogP contribution is -2.27. The van der Waals surface area contributed by atoms with Gasteiger partial charge >= 0.3 is 5.97 Å². The van der Waals surface area contributed by atoms with Gasteiger partial charge in [-0.05, 0) is 6.07 Å². The largest absolute Gasteiger partial charge is 0.494 e. The van der Waals surface area contributed by atoms with E-state index in [0.29, 0.717) is 11.3 Å². The van der Waals surface area contributed by atoms with E-state index in [1.165, 1.54) is 30.2 Å². The van der Waals surface area contributed by atoms with E-state index in [0.717, 1.165) is 0 Å². The number of nitro groups is 1. The summed E-state index contributed by atoms with van der Waals surface area (Å²) in [4.78, 5) is 48.5. The smallest absolute Gasteiger partial charge is 0.311 e. The molecule has 1 amide bonds. The van der Waals surface area contributed by atoms with Crippen LogP contribution in [0.2, 0.25) is 0 Å². The SMILES string of the molecule is COc1cc([N+](=O)[O-])ccc1N1C[C@H](C(=O)OCC(=O)c2ccccc2)CC1=O.